The summed E-state index contributed by atoms with van der Waals surface area (Å²) in [6.45, 7) is 8.68. The molecule has 0 bridgehead atoms. The second-order valence-corrected chi connectivity index (χ2v) is 7.74. The van der Waals surface area contributed by atoms with E-state index in [-0.39, 0.29) is 11.9 Å². The number of rotatable bonds is 5. The van der Waals surface area contributed by atoms with Crippen LogP contribution < -0.4 is 10.2 Å². The Balaban J connectivity index is 1.54. The maximum atomic E-state index is 12.2. The maximum Gasteiger partial charge on any atom is 0.244 e. The second-order valence-electron chi connectivity index (χ2n) is 7.74. The Morgan fingerprint density at radius 2 is 1.70 bits per heavy atom. The lowest BCUT2D eigenvalue weighted by atomic mass is 9.98. The van der Waals surface area contributed by atoms with Gasteiger partial charge >= 0.3 is 0 Å². The normalized spacial score (nSPS) is 16.5. The topological polar surface area (TPSA) is 32.3 Å². The Kier molecular flexibility index (Phi) is 6.33. The van der Waals surface area contributed by atoms with Crippen LogP contribution in [0.4, 0.5) is 5.69 Å². The molecule has 0 aromatic heterocycles. The number of anilines is 1. The van der Waals surface area contributed by atoms with Gasteiger partial charge in [0.05, 0.1) is 6.04 Å². The van der Waals surface area contributed by atoms with E-state index >= 15 is 0 Å². The monoisotopic (exact) mass is 362 g/mol. The van der Waals surface area contributed by atoms with Crippen LogP contribution in [0.3, 0.4) is 0 Å². The van der Waals surface area contributed by atoms with E-state index < -0.39 is 0 Å². The first kappa shape index (κ1) is 19.2. The molecular weight excluding hydrogens is 332 g/mol. The zero-order valence-corrected chi connectivity index (χ0v) is 16.6. The SMILES string of the molecule is Cc1ccc(/C=C/C(=O)N[C@H](C)c2ccc(N3CCC(C)CC3)cc2)cc1. The number of amides is 1. The summed E-state index contributed by atoms with van der Waals surface area (Å²) in [6.07, 6.45) is 5.98. The highest BCUT2D eigenvalue weighted by atomic mass is 16.1. The van der Waals surface area contributed by atoms with Crippen LogP contribution in [0.15, 0.2) is 54.6 Å². The first-order chi connectivity index (χ1) is 13.0. The molecule has 1 saturated heterocycles. The summed E-state index contributed by atoms with van der Waals surface area (Å²) in [6, 6.07) is 16.7. The predicted molar refractivity (Wildman–Crippen MR) is 114 cm³/mol. The Morgan fingerprint density at radius 1 is 1.07 bits per heavy atom. The van der Waals surface area contributed by atoms with Crippen molar-refractivity contribution in [1.82, 2.24) is 5.32 Å². The van der Waals surface area contributed by atoms with Gasteiger partial charge in [0.15, 0.2) is 0 Å². The van der Waals surface area contributed by atoms with Crippen molar-refractivity contribution < 1.29 is 4.79 Å². The van der Waals surface area contributed by atoms with E-state index in [9.17, 15) is 4.79 Å². The molecule has 0 spiro atoms. The number of nitrogens with one attached hydrogen (secondary N) is 1. The first-order valence-electron chi connectivity index (χ1n) is 9.91. The number of aryl methyl sites for hydroxylation is 1. The molecule has 1 amide bonds. The van der Waals surface area contributed by atoms with Gasteiger partial charge in [-0.15, -0.1) is 0 Å². The molecule has 1 fully saturated rings. The minimum absolute atomic E-state index is 0.0180. The lowest BCUT2D eigenvalue weighted by Gasteiger charge is -2.32. The fourth-order valence-electron chi connectivity index (χ4n) is 3.43. The van der Waals surface area contributed by atoms with Gasteiger partial charge in [0.25, 0.3) is 0 Å². The van der Waals surface area contributed by atoms with Crippen LogP contribution in [0, 0.1) is 12.8 Å². The van der Waals surface area contributed by atoms with E-state index in [1.807, 2.05) is 37.3 Å². The minimum Gasteiger partial charge on any atom is -0.372 e. The average Bonchev–Trinajstić information content (AvgIpc) is 2.68. The third kappa shape index (κ3) is 5.46. The number of hydrogen-bond acceptors (Lipinski definition) is 2. The van der Waals surface area contributed by atoms with E-state index in [2.05, 4.69) is 48.3 Å². The summed E-state index contributed by atoms with van der Waals surface area (Å²) in [5, 5.41) is 3.04. The highest BCUT2D eigenvalue weighted by Gasteiger charge is 2.16. The number of hydrogen-bond donors (Lipinski definition) is 1. The molecule has 1 aliphatic heterocycles. The van der Waals surface area contributed by atoms with Gasteiger partial charge in [0.2, 0.25) is 5.91 Å². The van der Waals surface area contributed by atoms with Crippen molar-refractivity contribution in [3.8, 4) is 0 Å². The molecule has 142 valence electrons. The molecule has 0 radical (unpaired) electrons. The van der Waals surface area contributed by atoms with E-state index in [1.54, 1.807) is 6.08 Å². The van der Waals surface area contributed by atoms with Crippen molar-refractivity contribution in [1.29, 1.82) is 0 Å². The number of carbonyl (C=O) groups excluding carboxylic acids is 1. The number of piperidine rings is 1. The molecule has 3 nitrogen and oxygen atoms in total. The quantitative estimate of drug-likeness (QED) is 0.749. The van der Waals surface area contributed by atoms with Crippen LogP contribution in [-0.4, -0.2) is 19.0 Å². The van der Waals surface area contributed by atoms with Crippen LogP contribution in [0.25, 0.3) is 6.08 Å². The van der Waals surface area contributed by atoms with Gasteiger partial charge in [-0.05, 0) is 61.9 Å². The molecule has 1 aliphatic rings. The minimum atomic E-state index is -0.0721. The van der Waals surface area contributed by atoms with Gasteiger partial charge in [-0.25, -0.2) is 0 Å². The number of nitrogens with zero attached hydrogens (tertiary/aromatic N) is 1. The van der Waals surface area contributed by atoms with Crippen LogP contribution >= 0.6 is 0 Å². The van der Waals surface area contributed by atoms with E-state index in [1.165, 1.54) is 24.1 Å². The molecule has 1 N–H and O–H groups in total. The molecule has 3 rings (SSSR count). The lowest BCUT2D eigenvalue weighted by molar-refractivity contribution is -0.117. The molecule has 1 atom stereocenters. The van der Waals surface area contributed by atoms with Gasteiger partial charge in [0.1, 0.15) is 0 Å². The van der Waals surface area contributed by atoms with E-state index in [0.29, 0.717) is 0 Å². The van der Waals surface area contributed by atoms with Crippen molar-refractivity contribution in [2.24, 2.45) is 5.92 Å². The zero-order chi connectivity index (χ0) is 19.2. The molecule has 2 aromatic rings. The molecule has 2 aromatic carbocycles. The summed E-state index contributed by atoms with van der Waals surface area (Å²) in [5.41, 5.74) is 4.65. The Labute approximate surface area is 163 Å². The van der Waals surface area contributed by atoms with Gasteiger partial charge in [-0.3, -0.25) is 4.79 Å². The summed E-state index contributed by atoms with van der Waals surface area (Å²) in [7, 11) is 0. The van der Waals surface area contributed by atoms with Gasteiger partial charge in [-0.2, -0.15) is 0 Å². The van der Waals surface area contributed by atoms with Crippen molar-refractivity contribution in [2.45, 2.75) is 39.7 Å². The Bertz CT molecular complexity index is 769. The highest BCUT2D eigenvalue weighted by molar-refractivity contribution is 5.91. The van der Waals surface area contributed by atoms with Crippen LogP contribution in [-0.2, 0) is 4.79 Å². The number of carbonyl (C=O) groups is 1. The fraction of sp³-hybridized carbons (Fsp3) is 0.375. The molecule has 0 aliphatic carbocycles. The highest BCUT2D eigenvalue weighted by Crippen LogP contribution is 2.24. The fourth-order valence-corrected chi connectivity index (χ4v) is 3.43. The zero-order valence-electron chi connectivity index (χ0n) is 16.6. The largest absolute Gasteiger partial charge is 0.372 e. The third-order valence-corrected chi connectivity index (χ3v) is 5.41. The summed E-state index contributed by atoms with van der Waals surface area (Å²) >= 11 is 0. The first-order valence-corrected chi connectivity index (χ1v) is 9.91. The lowest BCUT2D eigenvalue weighted by Crippen LogP contribution is -2.32. The van der Waals surface area contributed by atoms with Crippen LogP contribution in [0.2, 0.25) is 0 Å². The average molecular weight is 363 g/mol. The molecule has 0 unspecified atom stereocenters. The molecular formula is C24H30N2O. The molecule has 27 heavy (non-hydrogen) atoms. The van der Waals surface area contributed by atoms with E-state index in [0.717, 1.165) is 30.1 Å². The van der Waals surface area contributed by atoms with Crippen molar-refractivity contribution >= 4 is 17.7 Å². The molecule has 0 saturated carbocycles. The predicted octanol–water partition coefficient (Wildman–Crippen LogP) is 5.12. The van der Waals surface area contributed by atoms with Crippen molar-refractivity contribution in [2.75, 3.05) is 18.0 Å². The van der Waals surface area contributed by atoms with Crippen LogP contribution in [0.5, 0.6) is 0 Å². The summed E-state index contributed by atoms with van der Waals surface area (Å²) in [5.74, 6) is 0.765. The van der Waals surface area contributed by atoms with Gasteiger partial charge in [0, 0.05) is 24.9 Å². The smallest absolute Gasteiger partial charge is 0.244 e. The second kappa shape index (κ2) is 8.90. The van der Waals surface area contributed by atoms with Gasteiger partial charge < -0.3 is 10.2 Å². The standard InChI is InChI=1S/C24H30N2O/c1-18-4-6-21(7-5-18)8-13-24(27)25-20(3)22-9-11-23(12-10-22)26-16-14-19(2)15-17-26/h4-13,19-20H,14-17H2,1-3H3,(H,25,27)/b13-8+/t20-/m1/s1. The third-order valence-electron chi connectivity index (χ3n) is 5.41. The Morgan fingerprint density at radius 3 is 2.33 bits per heavy atom. The summed E-state index contributed by atoms with van der Waals surface area (Å²) in [4.78, 5) is 14.7. The number of benzene rings is 2. The van der Waals surface area contributed by atoms with Crippen molar-refractivity contribution in [3.05, 3.63) is 71.3 Å². The van der Waals surface area contributed by atoms with Crippen LogP contribution in [0.1, 0.15) is 49.4 Å². The molecule has 1 heterocycles. The van der Waals surface area contributed by atoms with Gasteiger partial charge in [-0.1, -0.05) is 48.9 Å². The Hall–Kier alpha value is -2.55. The van der Waals surface area contributed by atoms with Crippen molar-refractivity contribution in [3.63, 3.8) is 0 Å². The van der Waals surface area contributed by atoms with E-state index in [4.69, 9.17) is 0 Å². The maximum absolute atomic E-state index is 12.2. The summed E-state index contributed by atoms with van der Waals surface area (Å²) < 4.78 is 0. The molecule has 3 heteroatoms.